The number of Topliss-reactive ketones (excluding diaryl/α,β-unsaturated/α-hetero) is 1. The maximum atomic E-state index is 12.3. The summed E-state index contributed by atoms with van der Waals surface area (Å²) in [5.74, 6) is 0.952. The van der Waals surface area contributed by atoms with Crippen molar-refractivity contribution in [1.82, 2.24) is 15.1 Å². The van der Waals surface area contributed by atoms with Crippen molar-refractivity contribution in [3.63, 3.8) is 0 Å². The van der Waals surface area contributed by atoms with Crippen LogP contribution >= 0.6 is 46.2 Å². The molecule has 0 atom stereocenters. The van der Waals surface area contributed by atoms with Crippen LogP contribution in [0.3, 0.4) is 0 Å². The van der Waals surface area contributed by atoms with Gasteiger partial charge in [0.15, 0.2) is 14.5 Å². The second-order valence-corrected chi connectivity index (χ2v) is 10.1. The van der Waals surface area contributed by atoms with Gasteiger partial charge in [-0.2, -0.15) is 0 Å². The number of carbonyl (C=O) groups is 2. The molecule has 1 amide bonds. The van der Waals surface area contributed by atoms with Crippen molar-refractivity contribution in [3.8, 4) is 0 Å². The molecule has 0 aliphatic heterocycles. The highest BCUT2D eigenvalue weighted by molar-refractivity contribution is 8.03. The van der Waals surface area contributed by atoms with Crippen LogP contribution in [0.5, 0.6) is 0 Å². The molecule has 136 valence electrons. The van der Waals surface area contributed by atoms with Crippen LogP contribution in [0.4, 0.5) is 0 Å². The van der Waals surface area contributed by atoms with E-state index >= 15 is 0 Å². The second kappa shape index (κ2) is 9.70. The molecule has 25 heavy (non-hydrogen) atoms. The third-order valence-corrected chi connectivity index (χ3v) is 7.63. The van der Waals surface area contributed by atoms with E-state index in [1.807, 2.05) is 33.8 Å². The number of ketones is 1. The molecule has 0 bridgehead atoms. The standard InChI is InChI=1S/C16H21N3O2S4/c1-5-19(6-2)14(21)9-23-16-18-17-15(25-16)22-8-13(20)12-7-10(3)24-11(12)4/h7H,5-6,8-9H2,1-4H3. The Bertz CT molecular complexity index is 738. The first-order valence-corrected chi connectivity index (χ1v) is 11.5. The molecule has 2 aromatic rings. The van der Waals surface area contributed by atoms with Gasteiger partial charge in [-0.1, -0.05) is 34.9 Å². The number of aryl methyl sites for hydroxylation is 2. The Morgan fingerprint density at radius 2 is 1.64 bits per heavy atom. The molecule has 0 aromatic carbocycles. The summed E-state index contributed by atoms with van der Waals surface area (Å²) in [6, 6.07) is 1.95. The Labute approximate surface area is 164 Å². The van der Waals surface area contributed by atoms with Crippen molar-refractivity contribution < 1.29 is 9.59 Å². The van der Waals surface area contributed by atoms with Gasteiger partial charge in [0.05, 0.1) is 11.5 Å². The van der Waals surface area contributed by atoms with Crippen molar-refractivity contribution in [2.24, 2.45) is 0 Å². The van der Waals surface area contributed by atoms with Crippen LogP contribution in [-0.4, -0.2) is 51.4 Å². The molecular weight excluding hydrogens is 394 g/mol. The van der Waals surface area contributed by atoms with Gasteiger partial charge in [0.25, 0.3) is 0 Å². The largest absolute Gasteiger partial charge is 0.343 e. The molecule has 0 spiro atoms. The van der Waals surface area contributed by atoms with Crippen LogP contribution in [0.25, 0.3) is 0 Å². The number of thioether (sulfide) groups is 2. The molecule has 0 unspecified atom stereocenters. The Morgan fingerprint density at radius 1 is 1.04 bits per heavy atom. The molecule has 2 heterocycles. The predicted molar refractivity (Wildman–Crippen MR) is 107 cm³/mol. The van der Waals surface area contributed by atoms with E-state index in [0.717, 1.165) is 37.1 Å². The third kappa shape index (κ3) is 5.80. The van der Waals surface area contributed by atoms with E-state index in [9.17, 15) is 9.59 Å². The summed E-state index contributed by atoms with van der Waals surface area (Å²) in [6.07, 6.45) is 0. The van der Waals surface area contributed by atoms with E-state index in [-0.39, 0.29) is 11.7 Å². The van der Waals surface area contributed by atoms with Gasteiger partial charge in [0.1, 0.15) is 0 Å². The molecule has 0 aliphatic rings. The minimum atomic E-state index is 0.109. The topological polar surface area (TPSA) is 63.2 Å². The molecule has 5 nitrogen and oxygen atoms in total. The molecular formula is C16H21N3O2S4. The Morgan fingerprint density at radius 3 is 2.16 bits per heavy atom. The van der Waals surface area contributed by atoms with Crippen LogP contribution in [0.15, 0.2) is 14.7 Å². The zero-order valence-electron chi connectivity index (χ0n) is 14.7. The van der Waals surface area contributed by atoms with Crippen molar-refractivity contribution in [2.75, 3.05) is 24.6 Å². The molecule has 0 aliphatic carbocycles. The smallest absolute Gasteiger partial charge is 0.233 e. The van der Waals surface area contributed by atoms with Crippen LogP contribution < -0.4 is 0 Å². The first-order chi connectivity index (χ1) is 11.9. The Balaban J connectivity index is 1.84. The predicted octanol–water partition coefficient (Wildman–Crippen LogP) is 4.15. The first kappa shape index (κ1) is 20.4. The van der Waals surface area contributed by atoms with E-state index in [4.69, 9.17) is 0 Å². The van der Waals surface area contributed by atoms with Crippen molar-refractivity contribution in [1.29, 1.82) is 0 Å². The van der Waals surface area contributed by atoms with Gasteiger partial charge in [-0.15, -0.1) is 21.5 Å². The lowest BCUT2D eigenvalue weighted by Crippen LogP contribution is -2.31. The number of nitrogens with zero attached hydrogens (tertiary/aromatic N) is 3. The average molecular weight is 416 g/mol. The van der Waals surface area contributed by atoms with E-state index < -0.39 is 0 Å². The van der Waals surface area contributed by atoms with Gasteiger partial charge >= 0.3 is 0 Å². The molecule has 0 radical (unpaired) electrons. The number of aromatic nitrogens is 2. The molecule has 0 saturated heterocycles. The molecule has 0 N–H and O–H groups in total. The minimum absolute atomic E-state index is 0.109. The summed E-state index contributed by atoms with van der Waals surface area (Å²) in [6.45, 7) is 9.36. The summed E-state index contributed by atoms with van der Waals surface area (Å²) < 4.78 is 1.52. The Kier molecular flexibility index (Phi) is 7.92. The number of hydrogen-bond acceptors (Lipinski definition) is 8. The molecule has 2 rings (SSSR count). The number of rotatable bonds is 9. The maximum absolute atomic E-state index is 12.3. The summed E-state index contributed by atoms with van der Waals surface area (Å²) in [5.41, 5.74) is 0.805. The van der Waals surface area contributed by atoms with Crippen molar-refractivity contribution >= 4 is 57.9 Å². The van der Waals surface area contributed by atoms with Crippen molar-refractivity contribution in [2.45, 2.75) is 36.4 Å². The van der Waals surface area contributed by atoms with Crippen LogP contribution in [-0.2, 0) is 4.79 Å². The zero-order chi connectivity index (χ0) is 18.4. The fourth-order valence-corrected chi connectivity index (χ4v) is 5.97. The molecule has 2 aromatic heterocycles. The van der Waals surface area contributed by atoms with Crippen LogP contribution in [0, 0.1) is 13.8 Å². The van der Waals surface area contributed by atoms with Gasteiger partial charge in [0, 0.05) is 28.4 Å². The summed E-state index contributed by atoms with van der Waals surface area (Å²) in [7, 11) is 0. The fourth-order valence-electron chi connectivity index (χ4n) is 2.22. The van der Waals surface area contributed by atoms with Gasteiger partial charge in [-0.25, -0.2) is 0 Å². The third-order valence-electron chi connectivity index (χ3n) is 3.49. The van der Waals surface area contributed by atoms with Crippen LogP contribution in [0.1, 0.15) is 34.0 Å². The van der Waals surface area contributed by atoms with E-state index in [1.165, 1.54) is 34.9 Å². The zero-order valence-corrected chi connectivity index (χ0v) is 18.0. The van der Waals surface area contributed by atoms with Gasteiger partial charge < -0.3 is 4.90 Å². The summed E-state index contributed by atoms with van der Waals surface area (Å²) in [5, 5.41) is 8.21. The SMILES string of the molecule is CCN(CC)C(=O)CSc1nnc(SCC(=O)c2cc(C)sc2C)s1. The second-order valence-electron chi connectivity index (χ2n) is 5.23. The summed E-state index contributed by atoms with van der Waals surface area (Å²) in [4.78, 5) is 28.3. The lowest BCUT2D eigenvalue weighted by molar-refractivity contribution is -0.127. The van der Waals surface area contributed by atoms with Crippen molar-refractivity contribution in [3.05, 3.63) is 21.4 Å². The summed E-state index contributed by atoms with van der Waals surface area (Å²) >= 11 is 5.88. The highest BCUT2D eigenvalue weighted by Crippen LogP contribution is 2.30. The van der Waals surface area contributed by atoms with E-state index in [1.54, 1.807) is 16.2 Å². The van der Waals surface area contributed by atoms with E-state index in [2.05, 4.69) is 10.2 Å². The molecule has 9 heteroatoms. The molecule has 0 saturated carbocycles. The maximum Gasteiger partial charge on any atom is 0.233 e. The average Bonchev–Trinajstić information content (AvgIpc) is 3.17. The van der Waals surface area contributed by atoms with Gasteiger partial charge in [0.2, 0.25) is 5.91 Å². The number of carbonyl (C=O) groups excluding carboxylic acids is 2. The molecule has 0 fully saturated rings. The highest BCUT2D eigenvalue weighted by Gasteiger charge is 2.15. The van der Waals surface area contributed by atoms with Crippen LogP contribution in [0.2, 0.25) is 0 Å². The lowest BCUT2D eigenvalue weighted by atomic mass is 10.2. The van der Waals surface area contributed by atoms with Gasteiger partial charge in [-0.3, -0.25) is 9.59 Å². The number of thiophene rings is 1. The first-order valence-electron chi connectivity index (χ1n) is 7.91. The minimum Gasteiger partial charge on any atom is -0.343 e. The Hall–Kier alpha value is -0.900. The van der Waals surface area contributed by atoms with E-state index in [0.29, 0.717) is 11.5 Å². The number of hydrogen-bond donors (Lipinski definition) is 0. The lowest BCUT2D eigenvalue weighted by Gasteiger charge is -2.17. The highest BCUT2D eigenvalue weighted by atomic mass is 32.2. The normalized spacial score (nSPS) is 10.9. The monoisotopic (exact) mass is 415 g/mol. The number of amides is 1. The quantitative estimate of drug-likeness (QED) is 0.453. The fraction of sp³-hybridized carbons (Fsp3) is 0.500. The van der Waals surface area contributed by atoms with Gasteiger partial charge in [-0.05, 0) is 33.8 Å².